The van der Waals surface area contributed by atoms with Crippen LogP contribution in [0.1, 0.15) is 11.1 Å². The lowest BCUT2D eigenvalue weighted by Gasteiger charge is -2.07. The van der Waals surface area contributed by atoms with E-state index in [-0.39, 0.29) is 0 Å². The molecule has 2 rings (SSSR count). The zero-order chi connectivity index (χ0) is 12.5. The van der Waals surface area contributed by atoms with Gasteiger partial charge in [-0.05, 0) is 36.8 Å². The van der Waals surface area contributed by atoms with Crippen LogP contribution in [0.2, 0.25) is 0 Å². The Kier molecular flexibility index (Phi) is 2.88. The van der Waals surface area contributed by atoms with Crippen LogP contribution in [0, 0.1) is 13.0 Å². The van der Waals surface area contributed by atoms with Gasteiger partial charge in [-0.2, -0.15) is 13.2 Å². The quantitative estimate of drug-likeness (QED) is 0.732. The molecule has 1 nitrogen and oxygen atoms in total. The molecule has 1 aromatic heterocycles. The Morgan fingerprint density at radius 2 is 1.76 bits per heavy atom. The van der Waals surface area contributed by atoms with Gasteiger partial charge >= 0.3 is 6.18 Å². The van der Waals surface area contributed by atoms with Gasteiger partial charge in [0.2, 0.25) is 0 Å². The molecule has 0 spiro atoms. The molecule has 1 radical (unpaired) electrons. The Hall–Kier alpha value is -1.84. The number of aryl methyl sites for hydroxylation is 1. The highest BCUT2D eigenvalue weighted by molar-refractivity contribution is 5.59. The maximum absolute atomic E-state index is 12.4. The van der Waals surface area contributed by atoms with Crippen LogP contribution in [0.15, 0.2) is 36.5 Å². The molecule has 0 saturated heterocycles. The molecule has 0 saturated carbocycles. The average molecular weight is 236 g/mol. The third-order valence-electron chi connectivity index (χ3n) is 2.34. The zero-order valence-electron chi connectivity index (χ0n) is 9.05. The second kappa shape index (κ2) is 4.20. The van der Waals surface area contributed by atoms with Crippen molar-refractivity contribution in [2.24, 2.45) is 0 Å². The summed E-state index contributed by atoms with van der Waals surface area (Å²) >= 11 is 0. The summed E-state index contributed by atoms with van der Waals surface area (Å²) in [6, 6.07) is 9.55. The van der Waals surface area contributed by atoms with Gasteiger partial charge in [-0.25, -0.2) is 0 Å². The summed E-state index contributed by atoms with van der Waals surface area (Å²) in [7, 11) is 0. The van der Waals surface area contributed by atoms with Crippen molar-refractivity contribution in [3.05, 3.63) is 53.7 Å². The van der Waals surface area contributed by atoms with E-state index in [0.29, 0.717) is 11.3 Å². The van der Waals surface area contributed by atoms with Crippen LogP contribution >= 0.6 is 0 Å². The van der Waals surface area contributed by atoms with Crippen molar-refractivity contribution in [3.8, 4) is 11.3 Å². The predicted molar refractivity (Wildman–Crippen MR) is 58.2 cm³/mol. The van der Waals surface area contributed by atoms with E-state index >= 15 is 0 Å². The predicted octanol–water partition coefficient (Wildman–Crippen LogP) is 3.88. The van der Waals surface area contributed by atoms with Gasteiger partial charge in [-0.1, -0.05) is 12.1 Å². The van der Waals surface area contributed by atoms with Crippen molar-refractivity contribution in [1.29, 1.82) is 0 Å². The lowest BCUT2D eigenvalue weighted by Crippen LogP contribution is -2.04. The topological polar surface area (TPSA) is 12.9 Å². The molecule has 0 amide bonds. The summed E-state index contributed by atoms with van der Waals surface area (Å²) in [5.41, 5.74) is 1.50. The van der Waals surface area contributed by atoms with Gasteiger partial charge in [0, 0.05) is 11.8 Å². The standard InChI is InChI=1S/C13H9F3N/c1-9-2-7-12(17-8-9)10-3-5-11(6-4-10)13(14,15)16/h3-8H,1H3. The monoisotopic (exact) mass is 236 g/mol. The number of hydrogen-bond donors (Lipinski definition) is 0. The third kappa shape index (κ3) is 2.64. The Morgan fingerprint density at radius 1 is 1.12 bits per heavy atom. The summed E-state index contributed by atoms with van der Waals surface area (Å²) in [4.78, 5) is 4.13. The highest BCUT2D eigenvalue weighted by atomic mass is 19.4. The molecular formula is C13H9F3N. The maximum atomic E-state index is 12.4. The normalized spacial score (nSPS) is 11.5. The molecule has 0 bridgehead atoms. The first-order valence-electron chi connectivity index (χ1n) is 4.99. The molecule has 0 unspecified atom stereocenters. The SMILES string of the molecule is Cc1[c]cc(-c2ccc(C(F)(F)F)cc2)nc1. The minimum atomic E-state index is -4.30. The minimum absolute atomic E-state index is 0.615. The first-order valence-corrected chi connectivity index (χ1v) is 4.99. The van der Waals surface area contributed by atoms with Crippen LogP contribution in [0.25, 0.3) is 11.3 Å². The van der Waals surface area contributed by atoms with Crippen LogP contribution in [-0.4, -0.2) is 4.98 Å². The molecule has 0 aliphatic carbocycles. The van der Waals surface area contributed by atoms with Gasteiger partial charge in [0.05, 0.1) is 11.3 Å². The van der Waals surface area contributed by atoms with Gasteiger partial charge in [0.1, 0.15) is 0 Å². The van der Waals surface area contributed by atoms with Crippen molar-refractivity contribution < 1.29 is 13.2 Å². The van der Waals surface area contributed by atoms with Crippen LogP contribution in [0.4, 0.5) is 13.2 Å². The van der Waals surface area contributed by atoms with Crippen LogP contribution in [0.5, 0.6) is 0 Å². The van der Waals surface area contributed by atoms with E-state index in [0.717, 1.165) is 17.7 Å². The number of halogens is 3. The summed E-state index contributed by atoms with van der Waals surface area (Å²) in [5, 5.41) is 0. The molecule has 4 heteroatoms. The summed E-state index contributed by atoms with van der Waals surface area (Å²) in [5.74, 6) is 0. The molecule has 0 N–H and O–H groups in total. The minimum Gasteiger partial charge on any atom is -0.256 e. The molecule has 17 heavy (non-hydrogen) atoms. The molecule has 0 atom stereocenters. The van der Waals surface area contributed by atoms with E-state index in [1.165, 1.54) is 12.1 Å². The molecule has 0 aliphatic heterocycles. The van der Waals surface area contributed by atoms with E-state index < -0.39 is 11.7 Å². The van der Waals surface area contributed by atoms with Gasteiger partial charge < -0.3 is 0 Å². The summed E-state index contributed by atoms with van der Waals surface area (Å²) in [6.45, 7) is 1.85. The fraction of sp³-hybridized carbons (Fsp3) is 0.154. The number of hydrogen-bond acceptors (Lipinski definition) is 1. The van der Waals surface area contributed by atoms with E-state index in [4.69, 9.17) is 0 Å². The maximum Gasteiger partial charge on any atom is 0.416 e. The number of nitrogens with zero attached hydrogens (tertiary/aromatic N) is 1. The first-order chi connectivity index (χ1) is 7.97. The number of alkyl halides is 3. The highest BCUT2D eigenvalue weighted by Gasteiger charge is 2.29. The lowest BCUT2D eigenvalue weighted by atomic mass is 10.1. The van der Waals surface area contributed by atoms with E-state index in [9.17, 15) is 13.2 Å². The van der Waals surface area contributed by atoms with E-state index in [1.807, 2.05) is 6.92 Å². The van der Waals surface area contributed by atoms with Crippen molar-refractivity contribution in [2.75, 3.05) is 0 Å². The van der Waals surface area contributed by atoms with Crippen molar-refractivity contribution in [1.82, 2.24) is 4.98 Å². The molecular weight excluding hydrogens is 227 g/mol. The summed E-state index contributed by atoms with van der Waals surface area (Å²) < 4.78 is 37.1. The first kappa shape index (κ1) is 11.6. The lowest BCUT2D eigenvalue weighted by molar-refractivity contribution is -0.137. The van der Waals surface area contributed by atoms with Crippen molar-refractivity contribution in [2.45, 2.75) is 13.1 Å². The second-order valence-electron chi connectivity index (χ2n) is 3.69. The Morgan fingerprint density at radius 3 is 2.24 bits per heavy atom. The van der Waals surface area contributed by atoms with Gasteiger partial charge in [-0.3, -0.25) is 4.98 Å². The fourth-order valence-corrected chi connectivity index (χ4v) is 1.41. The highest BCUT2D eigenvalue weighted by Crippen LogP contribution is 2.30. The second-order valence-corrected chi connectivity index (χ2v) is 3.69. The summed E-state index contributed by atoms with van der Waals surface area (Å²) in [6.07, 6.45) is -2.67. The van der Waals surface area contributed by atoms with Crippen molar-refractivity contribution >= 4 is 0 Å². The van der Waals surface area contributed by atoms with E-state index in [1.54, 1.807) is 12.3 Å². The third-order valence-corrected chi connectivity index (χ3v) is 2.34. The molecule has 0 aliphatic rings. The van der Waals surface area contributed by atoms with Crippen LogP contribution in [-0.2, 0) is 6.18 Å². The fourth-order valence-electron chi connectivity index (χ4n) is 1.41. The Bertz CT molecular complexity index is 498. The molecule has 1 heterocycles. The van der Waals surface area contributed by atoms with E-state index in [2.05, 4.69) is 11.1 Å². The molecule has 2 aromatic rings. The molecule has 0 fully saturated rings. The Labute approximate surface area is 96.9 Å². The van der Waals surface area contributed by atoms with Crippen LogP contribution < -0.4 is 0 Å². The van der Waals surface area contributed by atoms with Gasteiger partial charge in [-0.15, -0.1) is 0 Å². The van der Waals surface area contributed by atoms with Gasteiger partial charge in [0.15, 0.2) is 0 Å². The van der Waals surface area contributed by atoms with Crippen molar-refractivity contribution in [3.63, 3.8) is 0 Å². The molecule has 1 aromatic carbocycles. The van der Waals surface area contributed by atoms with Crippen LogP contribution in [0.3, 0.4) is 0 Å². The zero-order valence-corrected chi connectivity index (χ0v) is 9.05. The number of rotatable bonds is 1. The number of benzene rings is 1. The smallest absolute Gasteiger partial charge is 0.256 e. The number of aromatic nitrogens is 1. The molecule has 87 valence electrons. The average Bonchev–Trinajstić information content (AvgIpc) is 2.29. The van der Waals surface area contributed by atoms with Gasteiger partial charge in [0.25, 0.3) is 0 Å². The number of pyridine rings is 1. The largest absolute Gasteiger partial charge is 0.416 e. The Balaban J connectivity index is 2.33.